The molecule has 0 aromatic carbocycles. The summed E-state index contributed by atoms with van der Waals surface area (Å²) in [6.07, 6.45) is -0.146. The molecule has 5 nitrogen and oxygen atoms in total. The Morgan fingerprint density at radius 3 is 2.67 bits per heavy atom. The van der Waals surface area contributed by atoms with Crippen molar-refractivity contribution >= 4 is 24.0 Å². The third kappa shape index (κ3) is 4.15. The lowest BCUT2D eigenvalue weighted by Crippen LogP contribution is -2.35. The third-order valence-electron chi connectivity index (χ3n) is 1.76. The number of carbonyl (C=O) groups excluding carboxylic acids is 1. The van der Waals surface area contributed by atoms with E-state index in [0.717, 1.165) is 5.75 Å². The minimum Gasteiger partial charge on any atom is -0.462 e. The van der Waals surface area contributed by atoms with E-state index in [1.807, 2.05) is 0 Å². The van der Waals surface area contributed by atoms with Gasteiger partial charge in [0.1, 0.15) is 6.04 Å². The largest absolute Gasteiger partial charge is 0.462 e. The van der Waals surface area contributed by atoms with Gasteiger partial charge in [0.05, 0.1) is 6.10 Å². The molecule has 0 radical (unpaired) electrons. The van der Waals surface area contributed by atoms with Crippen LogP contribution in [0.4, 0.5) is 0 Å². The maximum Gasteiger partial charge on any atom is 0.323 e. The van der Waals surface area contributed by atoms with Gasteiger partial charge in [-0.05, 0) is 20.8 Å². The summed E-state index contributed by atoms with van der Waals surface area (Å²) in [6, 6.07) is -0.545. The zero-order valence-electron chi connectivity index (χ0n) is 9.15. The van der Waals surface area contributed by atoms with Crippen molar-refractivity contribution in [3.8, 4) is 0 Å². The van der Waals surface area contributed by atoms with Crippen molar-refractivity contribution in [2.24, 2.45) is 0 Å². The minimum absolute atomic E-state index is 0.146. The Hall–Kier alpha value is -0.0300. The first-order valence-electron chi connectivity index (χ1n) is 4.91. The fourth-order valence-corrected chi connectivity index (χ4v) is 5.31. The van der Waals surface area contributed by atoms with Crippen molar-refractivity contribution in [2.45, 2.75) is 32.9 Å². The number of rotatable bonds is 4. The number of esters is 1. The van der Waals surface area contributed by atoms with Gasteiger partial charge >= 0.3 is 5.97 Å². The van der Waals surface area contributed by atoms with Crippen molar-refractivity contribution in [3.63, 3.8) is 0 Å². The zero-order chi connectivity index (χ0) is 11.5. The number of hydrogen-bond donors (Lipinski definition) is 2. The van der Waals surface area contributed by atoms with E-state index in [0.29, 0.717) is 6.54 Å². The second-order valence-electron chi connectivity index (χ2n) is 3.63. The minimum atomic E-state index is -2.61. The highest BCUT2D eigenvalue weighted by atomic mass is 32.7. The number of hydrogen-bond acceptors (Lipinski definition) is 4. The summed E-state index contributed by atoms with van der Waals surface area (Å²) in [6.45, 7) is 3.33. The summed E-state index contributed by atoms with van der Waals surface area (Å²) in [5, 5.41) is 5.66. The van der Waals surface area contributed by atoms with Gasteiger partial charge in [0, 0.05) is 12.3 Å². The Labute approximate surface area is 93.9 Å². The number of ether oxygens (including phenoxy) is 1. The van der Waals surface area contributed by atoms with Crippen LogP contribution in [0.1, 0.15) is 20.8 Å². The summed E-state index contributed by atoms with van der Waals surface area (Å²) < 4.78 is 17.0. The molecule has 1 aliphatic heterocycles. The van der Waals surface area contributed by atoms with Gasteiger partial charge in [-0.2, -0.15) is 0 Å². The topological polar surface area (TPSA) is 67.4 Å². The average Bonchev–Trinajstić information content (AvgIpc) is 2.50. The molecule has 0 aromatic rings. The van der Waals surface area contributed by atoms with Crippen molar-refractivity contribution in [3.05, 3.63) is 0 Å². The number of carbonyl (C=O) groups is 1. The Balaban J connectivity index is 2.44. The first kappa shape index (κ1) is 13.0. The highest BCUT2D eigenvalue weighted by Gasteiger charge is 2.31. The van der Waals surface area contributed by atoms with E-state index in [1.54, 1.807) is 20.8 Å². The molecule has 88 valence electrons. The van der Waals surface area contributed by atoms with Crippen LogP contribution >= 0.6 is 18.0 Å². The SMILES string of the molecule is CC(C)OC(=O)[C@H](C)NP1(=O)NCCS1. The fourth-order valence-electron chi connectivity index (χ4n) is 1.14. The predicted octanol–water partition coefficient (Wildman–Crippen LogP) is 1.36. The maximum atomic E-state index is 11.9. The summed E-state index contributed by atoms with van der Waals surface area (Å²) in [4.78, 5) is 11.4. The van der Waals surface area contributed by atoms with E-state index >= 15 is 0 Å². The van der Waals surface area contributed by atoms with Crippen molar-refractivity contribution in [2.75, 3.05) is 12.3 Å². The Bertz CT molecular complexity index is 275. The van der Waals surface area contributed by atoms with E-state index in [1.165, 1.54) is 11.4 Å². The van der Waals surface area contributed by atoms with Crippen LogP contribution in [-0.4, -0.2) is 30.4 Å². The molecule has 2 atom stereocenters. The Kier molecular flexibility index (Phi) is 4.64. The van der Waals surface area contributed by atoms with Gasteiger partial charge in [0.25, 0.3) is 6.65 Å². The zero-order valence-corrected chi connectivity index (χ0v) is 10.9. The highest BCUT2D eigenvalue weighted by Crippen LogP contribution is 2.54. The lowest BCUT2D eigenvalue weighted by Gasteiger charge is -2.19. The molecule has 1 saturated heterocycles. The van der Waals surface area contributed by atoms with Gasteiger partial charge in [0.2, 0.25) is 0 Å². The van der Waals surface area contributed by atoms with Crippen LogP contribution in [0.15, 0.2) is 0 Å². The summed E-state index contributed by atoms with van der Waals surface area (Å²) in [5.41, 5.74) is 0. The predicted molar refractivity (Wildman–Crippen MR) is 61.9 cm³/mol. The molecule has 0 amide bonds. The maximum absolute atomic E-state index is 11.9. The van der Waals surface area contributed by atoms with Crippen LogP contribution < -0.4 is 10.2 Å². The smallest absolute Gasteiger partial charge is 0.323 e. The molecule has 1 rings (SSSR count). The van der Waals surface area contributed by atoms with E-state index in [9.17, 15) is 9.36 Å². The van der Waals surface area contributed by atoms with Crippen LogP contribution in [0.3, 0.4) is 0 Å². The molecule has 1 heterocycles. The summed E-state index contributed by atoms with van der Waals surface area (Å²) in [7, 11) is 0. The number of nitrogens with one attached hydrogen (secondary N) is 2. The molecule has 7 heteroatoms. The second-order valence-corrected chi connectivity index (χ2v) is 8.29. The van der Waals surface area contributed by atoms with Gasteiger partial charge in [-0.3, -0.25) is 9.36 Å². The van der Waals surface area contributed by atoms with E-state index < -0.39 is 12.7 Å². The van der Waals surface area contributed by atoms with Crippen molar-refractivity contribution in [1.29, 1.82) is 0 Å². The second kappa shape index (κ2) is 5.34. The molecule has 1 unspecified atom stereocenters. The molecule has 0 saturated carbocycles. The third-order valence-corrected chi connectivity index (χ3v) is 6.22. The first-order chi connectivity index (χ1) is 6.93. The lowest BCUT2D eigenvalue weighted by atomic mass is 10.4. The fraction of sp³-hybridized carbons (Fsp3) is 0.875. The van der Waals surface area contributed by atoms with Gasteiger partial charge in [-0.15, -0.1) is 0 Å². The summed E-state index contributed by atoms with van der Waals surface area (Å²) >= 11 is 1.33. The van der Waals surface area contributed by atoms with E-state index in [-0.39, 0.29) is 12.1 Å². The van der Waals surface area contributed by atoms with Gasteiger partial charge < -0.3 is 4.74 Å². The molecule has 15 heavy (non-hydrogen) atoms. The molecule has 0 aromatic heterocycles. The monoisotopic (exact) mass is 252 g/mol. The molecule has 1 fully saturated rings. The molecular weight excluding hydrogens is 235 g/mol. The van der Waals surface area contributed by atoms with Crippen LogP contribution in [0.25, 0.3) is 0 Å². The van der Waals surface area contributed by atoms with Crippen LogP contribution in [0.5, 0.6) is 0 Å². The molecule has 2 N–H and O–H groups in total. The van der Waals surface area contributed by atoms with Crippen LogP contribution in [-0.2, 0) is 14.1 Å². The molecular formula is C8H17N2O3PS. The van der Waals surface area contributed by atoms with Crippen LogP contribution in [0, 0.1) is 0 Å². The summed E-state index contributed by atoms with van der Waals surface area (Å²) in [5.74, 6) is 0.436. The molecule has 1 aliphatic rings. The van der Waals surface area contributed by atoms with Gasteiger partial charge in [0.15, 0.2) is 0 Å². The Morgan fingerprint density at radius 2 is 2.20 bits per heavy atom. The van der Waals surface area contributed by atoms with Crippen molar-refractivity contribution in [1.82, 2.24) is 10.2 Å². The Morgan fingerprint density at radius 1 is 1.53 bits per heavy atom. The highest BCUT2D eigenvalue weighted by molar-refractivity contribution is 8.57. The normalized spacial score (nSPS) is 28.0. The van der Waals surface area contributed by atoms with Gasteiger partial charge in [-0.1, -0.05) is 11.4 Å². The van der Waals surface area contributed by atoms with E-state index in [2.05, 4.69) is 10.2 Å². The molecule has 0 aliphatic carbocycles. The first-order valence-corrected chi connectivity index (χ1v) is 8.21. The van der Waals surface area contributed by atoms with Crippen molar-refractivity contribution < 1.29 is 14.1 Å². The van der Waals surface area contributed by atoms with Gasteiger partial charge in [-0.25, -0.2) is 10.2 Å². The van der Waals surface area contributed by atoms with E-state index in [4.69, 9.17) is 4.74 Å². The molecule has 0 spiro atoms. The lowest BCUT2D eigenvalue weighted by molar-refractivity contribution is -0.148. The quantitative estimate of drug-likeness (QED) is 0.581. The standard InChI is InChI=1S/C8H17N2O3PS/c1-6(2)13-8(11)7(3)10-14(12)9-4-5-15-14/h6-7H,4-5H2,1-3H3,(H2,9,10,12)/t7-,14?/m0/s1. The van der Waals surface area contributed by atoms with Crippen LogP contribution in [0.2, 0.25) is 0 Å². The molecule has 0 bridgehead atoms. The average molecular weight is 252 g/mol.